The van der Waals surface area contributed by atoms with Gasteiger partial charge in [0.1, 0.15) is 0 Å². The fourth-order valence-electron chi connectivity index (χ4n) is 0.766. The molecule has 0 heterocycles. The van der Waals surface area contributed by atoms with Gasteiger partial charge in [0, 0.05) is 6.54 Å². The first-order valence-corrected chi connectivity index (χ1v) is 6.04. The number of sulfonamides is 1. The van der Waals surface area contributed by atoms with Crippen LogP contribution in [-0.2, 0) is 10.0 Å². The van der Waals surface area contributed by atoms with Gasteiger partial charge in [0.05, 0.1) is 12.2 Å². The molecule has 0 rings (SSSR count). The van der Waals surface area contributed by atoms with Crippen molar-refractivity contribution in [1.82, 2.24) is 4.72 Å². The second-order valence-electron chi connectivity index (χ2n) is 3.06. The van der Waals surface area contributed by atoms with Crippen LogP contribution in [0.1, 0.15) is 26.7 Å². The minimum atomic E-state index is -3.54. The SMILES string of the molecule is CCC(O)CCNS(=O)(=O)C(C)C#N. The maximum Gasteiger partial charge on any atom is 0.227 e. The highest BCUT2D eigenvalue weighted by atomic mass is 32.2. The van der Waals surface area contributed by atoms with E-state index in [2.05, 4.69) is 4.72 Å². The van der Waals surface area contributed by atoms with E-state index in [9.17, 15) is 8.42 Å². The van der Waals surface area contributed by atoms with Crippen LogP contribution in [0, 0.1) is 11.3 Å². The van der Waals surface area contributed by atoms with Crippen LogP contribution in [0.15, 0.2) is 0 Å². The summed E-state index contributed by atoms with van der Waals surface area (Å²) in [5.74, 6) is 0. The lowest BCUT2D eigenvalue weighted by atomic mass is 10.2. The Morgan fingerprint density at radius 1 is 1.57 bits per heavy atom. The van der Waals surface area contributed by atoms with Gasteiger partial charge in [-0.3, -0.25) is 0 Å². The summed E-state index contributed by atoms with van der Waals surface area (Å²) in [5.41, 5.74) is 0. The van der Waals surface area contributed by atoms with Gasteiger partial charge < -0.3 is 5.11 Å². The van der Waals surface area contributed by atoms with Crippen molar-refractivity contribution in [1.29, 1.82) is 5.26 Å². The quantitative estimate of drug-likeness (QED) is 0.658. The van der Waals surface area contributed by atoms with Crippen molar-refractivity contribution < 1.29 is 13.5 Å². The van der Waals surface area contributed by atoms with Crippen molar-refractivity contribution in [2.45, 2.75) is 38.0 Å². The van der Waals surface area contributed by atoms with Gasteiger partial charge in [-0.1, -0.05) is 6.92 Å². The molecule has 0 aliphatic rings. The Balaban J connectivity index is 3.97. The van der Waals surface area contributed by atoms with Crippen LogP contribution >= 0.6 is 0 Å². The Morgan fingerprint density at radius 2 is 2.14 bits per heavy atom. The summed E-state index contributed by atoms with van der Waals surface area (Å²) in [5, 5.41) is 16.5. The van der Waals surface area contributed by atoms with Crippen LogP contribution in [0.4, 0.5) is 0 Å². The molecule has 0 amide bonds. The number of rotatable bonds is 6. The molecule has 0 bridgehead atoms. The van der Waals surface area contributed by atoms with Crippen molar-refractivity contribution in [3.8, 4) is 6.07 Å². The lowest BCUT2D eigenvalue weighted by Gasteiger charge is -2.10. The normalized spacial score (nSPS) is 15.9. The summed E-state index contributed by atoms with van der Waals surface area (Å²) in [6.45, 7) is 3.30. The average molecular weight is 220 g/mol. The molecule has 5 nitrogen and oxygen atoms in total. The lowest BCUT2D eigenvalue weighted by Crippen LogP contribution is -2.33. The van der Waals surface area contributed by atoms with E-state index in [0.29, 0.717) is 12.8 Å². The highest BCUT2D eigenvalue weighted by Crippen LogP contribution is 1.99. The molecule has 82 valence electrons. The molecule has 0 radical (unpaired) electrons. The van der Waals surface area contributed by atoms with Crippen LogP contribution in [0.2, 0.25) is 0 Å². The molecule has 14 heavy (non-hydrogen) atoms. The van der Waals surface area contributed by atoms with E-state index in [0.717, 1.165) is 0 Å². The minimum absolute atomic E-state index is 0.170. The number of hydrogen-bond acceptors (Lipinski definition) is 4. The van der Waals surface area contributed by atoms with E-state index in [1.165, 1.54) is 6.92 Å². The smallest absolute Gasteiger partial charge is 0.227 e. The second kappa shape index (κ2) is 5.96. The molecule has 0 aromatic carbocycles. The average Bonchev–Trinajstić information content (AvgIpc) is 2.15. The number of aliphatic hydroxyl groups excluding tert-OH is 1. The van der Waals surface area contributed by atoms with Gasteiger partial charge in [-0.25, -0.2) is 13.1 Å². The standard InChI is InChI=1S/C8H16N2O3S/c1-3-8(11)4-5-10-14(12,13)7(2)6-9/h7-8,10-11H,3-5H2,1-2H3. The Hall–Kier alpha value is -0.640. The maximum absolute atomic E-state index is 11.2. The zero-order valence-electron chi connectivity index (χ0n) is 8.40. The number of hydrogen-bond donors (Lipinski definition) is 2. The summed E-state index contributed by atoms with van der Waals surface area (Å²) < 4.78 is 24.7. The molecule has 0 aromatic rings. The van der Waals surface area contributed by atoms with E-state index in [-0.39, 0.29) is 6.54 Å². The van der Waals surface area contributed by atoms with Gasteiger partial charge in [0.15, 0.2) is 5.25 Å². The van der Waals surface area contributed by atoms with Crippen LogP contribution in [0.25, 0.3) is 0 Å². The van der Waals surface area contributed by atoms with Crippen molar-refractivity contribution in [2.75, 3.05) is 6.54 Å². The van der Waals surface area contributed by atoms with Crippen molar-refractivity contribution in [3.05, 3.63) is 0 Å². The summed E-state index contributed by atoms with van der Waals surface area (Å²) in [4.78, 5) is 0. The zero-order chi connectivity index (χ0) is 11.2. The zero-order valence-corrected chi connectivity index (χ0v) is 9.21. The monoisotopic (exact) mass is 220 g/mol. The molecule has 0 saturated heterocycles. The number of nitriles is 1. The molecule has 2 unspecified atom stereocenters. The molecule has 0 spiro atoms. The molecular formula is C8H16N2O3S. The van der Waals surface area contributed by atoms with Crippen molar-refractivity contribution >= 4 is 10.0 Å². The van der Waals surface area contributed by atoms with Crippen LogP contribution < -0.4 is 4.72 Å². The van der Waals surface area contributed by atoms with Crippen LogP contribution in [0.5, 0.6) is 0 Å². The Bertz CT molecular complexity index is 294. The molecule has 0 aliphatic carbocycles. The minimum Gasteiger partial charge on any atom is -0.393 e. The predicted octanol–water partition coefficient (Wildman–Crippen LogP) is -0.0211. The van der Waals surface area contributed by atoms with E-state index < -0.39 is 21.4 Å². The van der Waals surface area contributed by atoms with Crippen LogP contribution in [-0.4, -0.2) is 31.4 Å². The van der Waals surface area contributed by atoms with E-state index in [1.807, 2.05) is 6.92 Å². The van der Waals surface area contributed by atoms with Crippen molar-refractivity contribution in [2.24, 2.45) is 0 Å². The summed E-state index contributed by atoms with van der Waals surface area (Å²) in [6, 6.07) is 1.64. The fraction of sp³-hybridized carbons (Fsp3) is 0.875. The summed E-state index contributed by atoms with van der Waals surface area (Å²) in [6.07, 6.45) is 0.471. The number of aliphatic hydroxyl groups is 1. The first-order valence-electron chi connectivity index (χ1n) is 4.50. The highest BCUT2D eigenvalue weighted by Gasteiger charge is 2.19. The molecule has 2 atom stereocenters. The maximum atomic E-state index is 11.2. The molecule has 0 aromatic heterocycles. The summed E-state index contributed by atoms with van der Waals surface area (Å²) in [7, 11) is -3.54. The van der Waals surface area contributed by atoms with Gasteiger partial charge in [0.25, 0.3) is 0 Å². The number of nitrogens with one attached hydrogen (secondary N) is 1. The Morgan fingerprint density at radius 3 is 2.57 bits per heavy atom. The largest absolute Gasteiger partial charge is 0.393 e. The van der Waals surface area contributed by atoms with Gasteiger partial charge in [-0.05, 0) is 19.8 Å². The van der Waals surface area contributed by atoms with Gasteiger partial charge in [0.2, 0.25) is 10.0 Å². The first kappa shape index (κ1) is 13.4. The molecule has 0 aliphatic heterocycles. The predicted molar refractivity (Wildman–Crippen MR) is 52.9 cm³/mol. The third kappa shape index (κ3) is 4.56. The summed E-state index contributed by atoms with van der Waals surface area (Å²) >= 11 is 0. The van der Waals surface area contributed by atoms with Gasteiger partial charge in [-0.2, -0.15) is 5.26 Å². The molecular weight excluding hydrogens is 204 g/mol. The third-order valence-corrected chi connectivity index (χ3v) is 3.54. The lowest BCUT2D eigenvalue weighted by molar-refractivity contribution is 0.162. The molecule has 0 fully saturated rings. The van der Waals surface area contributed by atoms with Crippen LogP contribution in [0.3, 0.4) is 0 Å². The Kier molecular flexibility index (Phi) is 5.69. The van der Waals surface area contributed by atoms with Gasteiger partial charge in [-0.15, -0.1) is 0 Å². The fourth-order valence-corrected chi connectivity index (χ4v) is 1.56. The van der Waals surface area contributed by atoms with E-state index in [1.54, 1.807) is 6.07 Å². The Labute approximate surface area is 84.8 Å². The van der Waals surface area contributed by atoms with Gasteiger partial charge >= 0.3 is 0 Å². The molecule has 6 heteroatoms. The van der Waals surface area contributed by atoms with Crippen molar-refractivity contribution in [3.63, 3.8) is 0 Å². The van der Waals surface area contributed by atoms with E-state index >= 15 is 0 Å². The second-order valence-corrected chi connectivity index (χ2v) is 5.15. The third-order valence-electron chi connectivity index (χ3n) is 1.90. The van der Waals surface area contributed by atoms with E-state index in [4.69, 9.17) is 10.4 Å². The molecule has 2 N–H and O–H groups in total. The topological polar surface area (TPSA) is 90.2 Å². The highest BCUT2D eigenvalue weighted by molar-refractivity contribution is 7.90. The first-order chi connectivity index (χ1) is 6.44. The molecule has 0 saturated carbocycles. The number of nitrogens with zero attached hydrogens (tertiary/aromatic N) is 1.